The van der Waals surface area contributed by atoms with Gasteiger partial charge in [-0.1, -0.05) is 391 Å². The minimum absolute atomic E-state index is 0.0371. The molecule has 0 amide bonds. The molecule has 0 radical (unpaired) electrons. The molecule has 0 aliphatic carbocycles. The lowest BCUT2D eigenvalue weighted by molar-refractivity contribution is 0.569. The Morgan fingerprint density at radius 2 is 0.541 bits per heavy atom. The van der Waals surface area contributed by atoms with Gasteiger partial charge in [0.15, 0.2) is 0 Å². The highest BCUT2D eigenvalue weighted by Crippen LogP contribution is 2.59. The molecule has 0 fully saturated rings. The maximum absolute atomic E-state index is 12.0. The molecule has 5 heteroatoms. The van der Waals surface area contributed by atoms with Crippen LogP contribution in [0.2, 0.25) is 0 Å². The molecule has 2 aliphatic rings. The highest BCUT2D eigenvalue weighted by molar-refractivity contribution is 7.00. The Morgan fingerprint density at radius 3 is 0.919 bits per heavy atom. The number of fused-ring (bicyclic) bond motifs is 10. The maximum Gasteiger partial charge on any atom is 0.252 e. The van der Waals surface area contributed by atoms with E-state index in [0.29, 0.717) is 22.5 Å². The Kier molecular flexibility index (Phi) is 20.0. The van der Waals surface area contributed by atoms with E-state index < -0.39 is 50.0 Å². The summed E-state index contributed by atoms with van der Waals surface area (Å²) in [6.45, 7) is 85.3. The van der Waals surface area contributed by atoms with E-state index in [1.54, 1.807) is 0 Å². The van der Waals surface area contributed by atoms with Crippen LogP contribution >= 0.6 is 0 Å². The lowest BCUT2D eigenvalue weighted by Gasteiger charge is -2.47. The molecule has 0 saturated carbocycles. The number of hydrogen-bond acceptors (Lipinski definition) is 2. The van der Waals surface area contributed by atoms with Gasteiger partial charge in [0.05, 0.1) is 45.8 Å². The molecule has 0 atom stereocenters. The van der Waals surface area contributed by atoms with E-state index >= 15 is 0 Å². The summed E-state index contributed by atoms with van der Waals surface area (Å²) in [6, 6.07) is 66.7. The fourth-order valence-electron chi connectivity index (χ4n) is 20.4. The summed E-state index contributed by atoms with van der Waals surface area (Å²) in [7, 11) is 0. The lowest BCUT2D eigenvalue weighted by Crippen LogP contribution is -2.61. The summed E-state index contributed by atoms with van der Waals surface area (Å²) in [5.41, 5.74) is 22.0. The molecule has 2 aliphatic heterocycles. The zero-order valence-corrected chi connectivity index (χ0v) is 89.1. The van der Waals surface area contributed by atoms with Crippen molar-refractivity contribution in [1.29, 1.82) is 0 Å². The van der Waals surface area contributed by atoms with Crippen LogP contribution in [0.3, 0.4) is 0 Å². The summed E-state index contributed by atoms with van der Waals surface area (Å²) >= 11 is 0. The fourth-order valence-corrected chi connectivity index (χ4v) is 20.4. The topological polar surface area (TPSA) is 16.3 Å². The van der Waals surface area contributed by atoms with Crippen LogP contribution in [0.4, 0.5) is 34.1 Å². The molecule has 17 rings (SSSR count). The third kappa shape index (κ3) is 17.2. The number of hydrogen-bond donors (Lipinski definition) is 0. The van der Waals surface area contributed by atoms with Crippen molar-refractivity contribution in [2.45, 2.75) is 340 Å². The van der Waals surface area contributed by atoms with Crippen LogP contribution in [-0.4, -0.2) is 15.8 Å². The molecular formula is C130H155BN4. The van der Waals surface area contributed by atoms with E-state index in [1.807, 2.05) is 83.1 Å². The van der Waals surface area contributed by atoms with Gasteiger partial charge in [-0.2, -0.15) is 0 Å². The first-order valence-electron chi connectivity index (χ1n) is 54.1. The van der Waals surface area contributed by atoms with Crippen molar-refractivity contribution in [1.82, 2.24) is 9.13 Å². The van der Waals surface area contributed by atoms with E-state index in [0.717, 1.165) is 122 Å². The van der Waals surface area contributed by atoms with Crippen LogP contribution in [0, 0.1) is 0 Å². The molecule has 4 nitrogen and oxygen atoms in total. The van der Waals surface area contributed by atoms with Gasteiger partial charge in [0.1, 0.15) is 0 Å². The van der Waals surface area contributed by atoms with Gasteiger partial charge in [-0.15, -0.1) is 0 Å². The lowest BCUT2D eigenvalue weighted by atomic mass is 9.33. The molecule has 135 heavy (non-hydrogen) atoms. The Hall–Kier alpha value is -10.9. The van der Waals surface area contributed by atoms with E-state index in [1.165, 1.54) is 38.9 Å². The first kappa shape index (κ1) is 84.6. The van der Waals surface area contributed by atoms with E-state index in [2.05, 4.69) is 382 Å². The second kappa shape index (κ2) is 31.8. The molecule has 2 aromatic heterocycles. The first-order valence-corrected chi connectivity index (χ1v) is 49.6. The van der Waals surface area contributed by atoms with Gasteiger partial charge in [0, 0.05) is 77.9 Å². The largest absolute Gasteiger partial charge is 0.310 e. The Morgan fingerprint density at radius 1 is 0.215 bits per heavy atom. The summed E-state index contributed by atoms with van der Waals surface area (Å²) in [6.07, 6.45) is 0. The highest BCUT2D eigenvalue weighted by atomic mass is 15.2. The normalized spacial score (nSPS) is 15.1. The standard InChI is InChI=1S/C130H155BN4/c1-118(2,3)79-46-44-78(45-47-79)93-69-86(125(22,23)24)72-101(94-64-80(119(4,5)6)49-57-103(94)129(34,35)36)116(93)134-111-76-89(132-107-60-50-81(120(7,8)9)65-95(107)96-66-82(121(10,11)12)51-61-108(96)132)54-58-105(111)131-106-59-55-90(133-109-62-52-83(122(13,14)15)67-97(109)98-68-84(123(16,17)18)53-63-110(98)133)77-112(106)135(114-75-88(127(28,29)30)74-113(134)115(114)131)117-99(91-42-40-41-43-102(91)128(31,32)33)70-87(126(25,26)27)71-100(117)92-56-48-85(124(19,20)21)73-104(92)130(37,38)39/h40-77H,1-39H3/i44D,45D,46D,47D,49D,57D,64D,69D,72D. The molecule has 0 spiro atoms. The monoisotopic (exact) mass is 1790 g/mol. The second-order valence-electron chi connectivity index (χ2n) is 53.1. The number of benzene rings is 13. The molecule has 698 valence electrons. The van der Waals surface area contributed by atoms with Gasteiger partial charge in [-0.05, 0) is 291 Å². The van der Waals surface area contributed by atoms with Crippen LogP contribution < -0.4 is 26.2 Å². The SMILES string of the molecule is [2H]c1c([2H])c(C(C)(C)C)c([2H])c([2H])c1-c1c([2H])c(C(C)(C)C)c([2H])c(-c2c([2H])c(C(C)(C)C)c([2H])c([2H])c2C(C)(C)C)c1N1c2cc(-n3c4ccc(C(C)(C)C)cc4c4cc(C(C)(C)C)ccc43)ccc2B2c3ccc(-n4c5ccc(C(C)(C)C)cc5c5cc(C(C)(C)C)ccc54)cc3N(c3c(-c4ccccc4C(C)(C)C)cc(C(C)(C)C)cc3-c3ccc(C(C)(C)C)cc3C(C)(C)C)c3cc(C(C)(C)C)cc1c32. The predicted octanol–water partition coefficient (Wildman–Crippen LogP) is 35.5. The molecule has 13 aromatic carbocycles. The summed E-state index contributed by atoms with van der Waals surface area (Å²) in [5, 5.41) is 4.51. The van der Waals surface area contributed by atoms with Crippen molar-refractivity contribution in [2.75, 3.05) is 9.80 Å². The molecule has 4 heterocycles. The van der Waals surface area contributed by atoms with E-state index in [-0.39, 0.29) is 121 Å². The van der Waals surface area contributed by atoms with Gasteiger partial charge in [0.2, 0.25) is 0 Å². The molecule has 0 bridgehead atoms. The van der Waals surface area contributed by atoms with Crippen molar-refractivity contribution in [3.05, 3.63) is 303 Å². The Labute approximate surface area is 826 Å². The zero-order chi connectivity index (χ0) is 106. The smallest absolute Gasteiger partial charge is 0.252 e. The minimum atomic E-state index is -1.08. The zero-order valence-electron chi connectivity index (χ0n) is 98.1. The van der Waals surface area contributed by atoms with Crippen molar-refractivity contribution in [3.8, 4) is 55.9 Å². The molecule has 15 aromatic rings. The van der Waals surface area contributed by atoms with Crippen LogP contribution in [0.5, 0.6) is 0 Å². The first-order chi connectivity index (χ1) is 66.0. The molecule has 0 saturated heterocycles. The van der Waals surface area contributed by atoms with Gasteiger partial charge in [0.25, 0.3) is 6.71 Å². The predicted molar refractivity (Wildman–Crippen MR) is 594 cm³/mol. The summed E-state index contributed by atoms with van der Waals surface area (Å²) in [5.74, 6) is 0. The average molecular weight is 1790 g/mol. The van der Waals surface area contributed by atoms with Crippen molar-refractivity contribution in [3.63, 3.8) is 0 Å². The third-order valence-corrected chi connectivity index (χ3v) is 28.8. The third-order valence-electron chi connectivity index (χ3n) is 28.8. The van der Waals surface area contributed by atoms with E-state index in [4.69, 9.17) is 0 Å². The Balaban J connectivity index is 1.19. The maximum atomic E-state index is 12.0. The van der Waals surface area contributed by atoms with Crippen molar-refractivity contribution in [2.24, 2.45) is 0 Å². The fraction of sp³-hybridized carbons (Fsp3) is 0.400. The van der Waals surface area contributed by atoms with E-state index in [9.17, 15) is 12.3 Å². The Bertz CT molecular complexity index is 7710. The quantitative estimate of drug-likeness (QED) is 0.141. The minimum Gasteiger partial charge on any atom is -0.310 e. The van der Waals surface area contributed by atoms with Crippen LogP contribution in [0.1, 0.15) is 355 Å². The number of aromatic nitrogens is 2. The molecule has 0 N–H and O–H groups in total. The molecular weight excluding hydrogens is 1630 g/mol. The summed E-state index contributed by atoms with van der Waals surface area (Å²) < 4.78 is 105. The average Bonchev–Trinajstić information content (AvgIpc) is 0.725. The van der Waals surface area contributed by atoms with Crippen LogP contribution in [-0.2, 0) is 70.4 Å². The van der Waals surface area contributed by atoms with Crippen LogP contribution in [0.25, 0.3) is 99.5 Å². The molecule has 0 unspecified atom stereocenters. The number of rotatable bonds is 8. The summed E-state index contributed by atoms with van der Waals surface area (Å²) in [4.78, 5) is 4.92. The van der Waals surface area contributed by atoms with Gasteiger partial charge < -0.3 is 18.9 Å². The van der Waals surface area contributed by atoms with Gasteiger partial charge in [-0.25, -0.2) is 0 Å². The number of anilines is 6. The second-order valence-corrected chi connectivity index (χ2v) is 53.1. The van der Waals surface area contributed by atoms with Gasteiger partial charge >= 0.3 is 0 Å². The number of nitrogens with zero attached hydrogens (tertiary/aromatic N) is 4. The van der Waals surface area contributed by atoms with Crippen LogP contribution in [0.15, 0.2) is 230 Å². The van der Waals surface area contributed by atoms with Crippen molar-refractivity contribution < 1.29 is 12.3 Å². The van der Waals surface area contributed by atoms with Gasteiger partial charge in [-0.3, -0.25) is 0 Å². The highest BCUT2D eigenvalue weighted by Gasteiger charge is 2.48. The van der Waals surface area contributed by atoms with Crippen molar-refractivity contribution >= 4 is 101 Å².